The van der Waals surface area contributed by atoms with Gasteiger partial charge in [-0.2, -0.15) is 5.10 Å². The molecule has 1 aromatic heterocycles. The van der Waals surface area contributed by atoms with Crippen molar-refractivity contribution in [3.05, 3.63) is 36.7 Å². The summed E-state index contributed by atoms with van der Waals surface area (Å²) in [6, 6.07) is 7.85. The van der Waals surface area contributed by atoms with Gasteiger partial charge in [0.1, 0.15) is 0 Å². The molecule has 1 fully saturated rings. The molecule has 0 atom stereocenters. The molecule has 8 nitrogen and oxygen atoms in total. The van der Waals surface area contributed by atoms with Gasteiger partial charge in [-0.25, -0.2) is 0 Å². The van der Waals surface area contributed by atoms with Crippen LogP contribution in [0, 0.1) is 5.92 Å². The molecule has 4 rings (SSSR count). The van der Waals surface area contributed by atoms with Crippen LogP contribution in [0.2, 0.25) is 0 Å². The third kappa shape index (κ3) is 8.50. The Bertz CT molecular complexity index is 827. The second-order valence-corrected chi connectivity index (χ2v) is 7.99. The average molecular weight is 555 g/mol. The van der Waals surface area contributed by atoms with Gasteiger partial charge in [-0.1, -0.05) is 0 Å². The van der Waals surface area contributed by atoms with Crippen LogP contribution < -0.4 is 20.1 Å². The highest BCUT2D eigenvalue weighted by Gasteiger charge is 2.20. The van der Waals surface area contributed by atoms with E-state index in [1.807, 2.05) is 35.1 Å². The SMILES string of the molecule is I.c1cnn(CCCN=C(NCCCOCC2CC2)Nc2ccc3c(c2)OCCCO3)c1. The lowest BCUT2D eigenvalue weighted by atomic mass is 10.2. The van der Waals surface area contributed by atoms with Gasteiger partial charge >= 0.3 is 0 Å². The molecule has 2 N–H and O–H groups in total. The Morgan fingerprint density at radius 2 is 2.06 bits per heavy atom. The third-order valence-corrected chi connectivity index (χ3v) is 5.19. The van der Waals surface area contributed by atoms with Crippen molar-refractivity contribution in [3.8, 4) is 11.5 Å². The van der Waals surface area contributed by atoms with E-state index in [-0.39, 0.29) is 24.0 Å². The molecule has 2 aliphatic rings. The lowest BCUT2D eigenvalue weighted by molar-refractivity contribution is 0.123. The molecule has 1 aromatic carbocycles. The molecule has 0 spiro atoms. The molecule has 0 saturated heterocycles. The van der Waals surface area contributed by atoms with Crippen molar-refractivity contribution in [2.45, 2.75) is 38.6 Å². The average Bonchev–Trinajstić information content (AvgIpc) is 3.52. The quantitative estimate of drug-likeness (QED) is 0.189. The van der Waals surface area contributed by atoms with Crippen molar-refractivity contribution in [3.63, 3.8) is 0 Å². The largest absolute Gasteiger partial charge is 0.490 e. The minimum atomic E-state index is 0. The highest BCUT2D eigenvalue weighted by molar-refractivity contribution is 14.0. The number of nitrogens with one attached hydrogen (secondary N) is 2. The minimum absolute atomic E-state index is 0. The van der Waals surface area contributed by atoms with E-state index in [2.05, 4.69) is 15.7 Å². The maximum absolute atomic E-state index is 5.81. The van der Waals surface area contributed by atoms with Gasteiger partial charge in [0.2, 0.25) is 0 Å². The zero-order valence-corrected chi connectivity index (χ0v) is 20.8. The third-order valence-electron chi connectivity index (χ3n) is 5.19. The number of ether oxygens (including phenoxy) is 3. The molecule has 1 aliphatic heterocycles. The molecule has 2 aromatic rings. The first kappa shape index (κ1) is 24.6. The Balaban J connectivity index is 0.00000289. The molecule has 32 heavy (non-hydrogen) atoms. The Morgan fingerprint density at radius 3 is 2.88 bits per heavy atom. The number of halogens is 1. The summed E-state index contributed by atoms with van der Waals surface area (Å²) in [7, 11) is 0. The number of aryl methyl sites for hydroxylation is 1. The number of rotatable bonds is 11. The van der Waals surface area contributed by atoms with E-state index in [1.54, 1.807) is 6.20 Å². The first-order valence-corrected chi connectivity index (χ1v) is 11.4. The summed E-state index contributed by atoms with van der Waals surface area (Å²) >= 11 is 0. The second-order valence-electron chi connectivity index (χ2n) is 7.99. The van der Waals surface area contributed by atoms with Crippen molar-refractivity contribution in [1.29, 1.82) is 0 Å². The lowest BCUT2D eigenvalue weighted by Crippen LogP contribution is -2.32. The number of guanidine groups is 1. The van der Waals surface area contributed by atoms with Gasteiger partial charge in [-0.15, -0.1) is 24.0 Å². The smallest absolute Gasteiger partial charge is 0.195 e. The zero-order valence-electron chi connectivity index (χ0n) is 18.5. The van der Waals surface area contributed by atoms with E-state index in [0.29, 0.717) is 19.8 Å². The van der Waals surface area contributed by atoms with Crippen LogP contribution >= 0.6 is 24.0 Å². The predicted octanol–water partition coefficient (Wildman–Crippen LogP) is 3.93. The number of aliphatic imine (C=N–C) groups is 1. The van der Waals surface area contributed by atoms with Gasteiger partial charge in [0.05, 0.1) is 13.2 Å². The summed E-state index contributed by atoms with van der Waals surface area (Å²) in [5.74, 6) is 3.13. The van der Waals surface area contributed by atoms with Crippen LogP contribution in [0.1, 0.15) is 32.1 Å². The van der Waals surface area contributed by atoms with Gasteiger partial charge in [0, 0.05) is 63.4 Å². The Morgan fingerprint density at radius 1 is 1.19 bits per heavy atom. The first-order valence-electron chi connectivity index (χ1n) is 11.4. The topological polar surface area (TPSA) is 81.9 Å². The molecule has 0 unspecified atom stereocenters. The van der Waals surface area contributed by atoms with Crippen molar-refractivity contribution >= 4 is 35.6 Å². The first-order chi connectivity index (χ1) is 15.4. The number of hydrogen-bond acceptors (Lipinski definition) is 5. The summed E-state index contributed by atoms with van der Waals surface area (Å²) in [6.07, 6.45) is 9.18. The molecule has 0 bridgehead atoms. The van der Waals surface area contributed by atoms with Crippen molar-refractivity contribution in [2.24, 2.45) is 10.9 Å². The van der Waals surface area contributed by atoms with E-state index in [1.165, 1.54) is 12.8 Å². The van der Waals surface area contributed by atoms with Crippen LogP contribution in [-0.2, 0) is 11.3 Å². The number of benzene rings is 1. The van der Waals surface area contributed by atoms with Crippen LogP contribution in [0.15, 0.2) is 41.7 Å². The van der Waals surface area contributed by atoms with Crippen LogP contribution in [0.3, 0.4) is 0 Å². The van der Waals surface area contributed by atoms with Gasteiger partial charge in [0.15, 0.2) is 17.5 Å². The number of aromatic nitrogens is 2. The Labute approximate surface area is 207 Å². The van der Waals surface area contributed by atoms with Crippen LogP contribution in [0.25, 0.3) is 0 Å². The molecule has 0 radical (unpaired) electrons. The van der Waals surface area contributed by atoms with E-state index in [9.17, 15) is 0 Å². The maximum atomic E-state index is 5.81. The predicted molar refractivity (Wildman–Crippen MR) is 136 cm³/mol. The van der Waals surface area contributed by atoms with Gasteiger partial charge in [-0.05, 0) is 49.8 Å². The summed E-state index contributed by atoms with van der Waals surface area (Å²) < 4.78 is 19.2. The van der Waals surface area contributed by atoms with Crippen LogP contribution in [-0.4, -0.2) is 55.3 Å². The molecule has 2 heterocycles. The summed E-state index contributed by atoms with van der Waals surface area (Å²) in [5, 5.41) is 11.1. The fourth-order valence-electron chi connectivity index (χ4n) is 3.29. The summed E-state index contributed by atoms with van der Waals surface area (Å²) in [4.78, 5) is 4.75. The Kier molecular flexibility index (Phi) is 10.4. The molecule has 0 amide bonds. The van der Waals surface area contributed by atoms with Crippen LogP contribution in [0.4, 0.5) is 5.69 Å². The van der Waals surface area contributed by atoms with E-state index in [0.717, 1.165) is 74.6 Å². The monoisotopic (exact) mass is 555 g/mol. The summed E-state index contributed by atoms with van der Waals surface area (Å²) in [5.41, 5.74) is 0.924. The summed E-state index contributed by atoms with van der Waals surface area (Å²) in [6.45, 7) is 5.40. The van der Waals surface area contributed by atoms with Crippen molar-refractivity contribution < 1.29 is 14.2 Å². The molecular formula is C23H34IN5O3. The zero-order chi connectivity index (χ0) is 21.1. The van der Waals surface area contributed by atoms with Gasteiger partial charge in [0.25, 0.3) is 0 Å². The second kappa shape index (κ2) is 13.5. The highest BCUT2D eigenvalue weighted by atomic mass is 127. The van der Waals surface area contributed by atoms with Crippen molar-refractivity contribution in [1.82, 2.24) is 15.1 Å². The highest BCUT2D eigenvalue weighted by Crippen LogP contribution is 2.32. The van der Waals surface area contributed by atoms with E-state index >= 15 is 0 Å². The Hall–Kier alpha value is -2.01. The number of nitrogens with zero attached hydrogens (tertiary/aromatic N) is 3. The number of anilines is 1. The molecule has 1 saturated carbocycles. The van der Waals surface area contributed by atoms with E-state index < -0.39 is 0 Å². The van der Waals surface area contributed by atoms with Crippen molar-refractivity contribution in [2.75, 3.05) is 44.8 Å². The number of hydrogen-bond donors (Lipinski definition) is 2. The van der Waals surface area contributed by atoms with Crippen LogP contribution in [0.5, 0.6) is 11.5 Å². The maximum Gasteiger partial charge on any atom is 0.195 e. The molecular weight excluding hydrogens is 521 g/mol. The fourth-order valence-corrected chi connectivity index (χ4v) is 3.29. The standard InChI is InChI=1S/C23H33N5O3.HI/c1(12-28-13-2-11-26-28)9-24-23(25-10-3-14-29-18-19-5-6-19)27-20-7-8-21-22(17-20)31-16-4-15-30-21;/h2,7-8,11,13,17,19H,1,3-6,9-10,12,14-16,18H2,(H2,24,25,27);1H. The number of fused-ring (bicyclic) bond motifs is 1. The van der Waals surface area contributed by atoms with Gasteiger partial charge < -0.3 is 24.8 Å². The molecule has 176 valence electrons. The van der Waals surface area contributed by atoms with Gasteiger partial charge in [-0.3, -0.25) is 9.67 Å². The normalized spacial score (nSPS) is 15.6. The fraction of sp³-hybridized carbons (Fsp3) is 0.565. The van der Waals surface area contributed by atoms with E-state index in [4.69, 9.17) is 19.2 Å². The molecule has 9 heteroatoms. The lowest BCUT2D eigenvalue weighted by Gasteiger charge is -2.15. The molecule has 1 aliphatic carbocycles. The minimum Gasteiger partial charge on any atom is -0.490 e.